The molecule has 3 aromatic rings. The van der Waals surface area contributed by atoms with Gasteiger partial charge in [0.2, 0.25) is 5.28 Å². The van der Waals surface area contributed by atoms with Gasteiger partial charge in [-0.15, -0.1) is 0 Å². The average Bonchev–Trinajstić information content (AvgIpc) is 2.78. The molecule has 2 aromatic heterocycles. The molecular formula is C12H9ClN4. The van der Waals surface area contributed by atoms with Crippen molar-refractivity contribution in [2.45, 2.75) is 0 Å². The van der Waals surface area contributed by atoms with E-state index in [0.29, 0.717) is 5.82 Å². The average molecular weight is 245 g/mol. The van der Waals surface area contributed by atoms with E-state index < -0.39 is 0 Å². The molecule has 2 heterocycles. The number of aromatic nitrogens is 3. The van der Waals surface area contributed by atoms with Crippen LogP contribution in [0, 0.1) is 0 Å². The van der Waals surface area contributed by atoms with Crippen molar-refractivity contribution in [1.82, 2.24) is 15.0 Å². The maximum absolute atomic E-state index is 5.74. The zero-order valence-corrected chi connectivity index (χ0v) is 9.57. The van der Waals surface area contributed by atoms with Crippen molar-refractivity contribution in [3.05, 3.63) is 48.0 Å². The van der Waals surface area contributed by atoms with Gasteiger partial charge in [-0.3, -0.25) is 0 Å². The highest BCUT2D eigenvalue weighted by Crippen LogP contribution is 2.24. The minimum Gasteiger partial charge on any atom is -0.359 e. The summed E-state index contributed by atoms with van der Waals surface area (Å²) in [6.07, 6.45) is 3.52. The second-order valence-electron chi connectivity index (χ2n) is 3.58. The van der Waals surface area contributed by atoms with E-state index in [2.05, 4.69) is 20.3 Å². The Morgan fingerprint density at radius 3 is 3.00 bits per heavy atom. The van der Waals surface area contributed by atoms with Crippen LogP contribution in [-0.2, 0) is 0 Å². The van der Waals surface area contributed by atoms with Crippen molar-refractivity contribution in [2.75, 3.05) is 5.32 Å². The molecule has 0 aliphatic rings. The van der Waals surface area contributed by atoms with Crippen molar-refractivity contribution in [2.24, 2.45) is 0 Å². The summed E-state index contributed by atoms with van der Waals surface area (Å²) in [6.45, 7) is 0. The van der Waals surface area contributed by atoms with E-state index >= 15 is 0 Å². The maximum atomic E-state index is 5.74. The number of fused-ring (bicyclic) bond motifs is 1. The lowest BCUT2D eigenvalue weighted by Crippen LogP contribution is -1.95. The van der Waals surface area contributed by atoms with Crippen molar-refractivity contribution in [1.29, 1.82) is 0 Å². The molecule has 0 atom stereocenters. The van der Waals surface area contributed by atoms with Gasteiger partial charge in [0, 0.05) is 17.8 Å². The quantitative estimate of drug-likeness (QED) is 0.680. The largest absolute Gasteiger partial charge is 0.359 e. The Morgan fingerprint density at radius 1 is 1.18 bits per heavy atom. The lowest BCUT2D eigenvalue weighted by molar-refractivity contribution is 1.17. The molecule has 0 aliphatic heterocycles. The van der Waals surface area contributed by atoms with E-state index in [1.54, 1.807) is 12.3 Å². The molecule has 17 heavy (non-hydrogen) atoms. The molecule has 0 aliphatic carbocycles. The Bertz CT molecular complexity index is 662. The molecule has 5 heteroatoms. The maximum Gasteiger partial charge on any atom is 0.224 e. The van der Waals surface area contributed by atoms with Gasteiger partial charge in [-0.05, 0) is 29.8 Å². The smallest absolute Gasteiger partial charge is 0.224 e. The molecule has 0 saturated carbocycles. The molecule has 0 bridgehead atoms. The fraction of sp³-hybridized carbons (Fsp3) is 0. The molecular weight excluding hydrogens is 236 g/mol. The number of H-pyrrole nitrogens is 1. The Hall–Kier alpha value is -2.07. The van der Waals surface area contributed by atoms with Gasteiger partial charge in [-0.25, -0.2) is 9.97 Å². The topological polar surface area (TPSA) is 53.6 Å². The Morgan fingerprint density at radius 2 is 2.12 bits per heavy atom. The normalized spacial score (nSPS) is 10.6. The van der Waals surface area contributed by atoms with Crippen LogP contribution in [0.5, 0.6) is 0 Å². The van der Waals surface area contributed by atoms with E-state index in [-0.39, 0.29) is 5.28 Å². The van der Waals surface area contributed by atoms with Crippen LogP contribution in [0.1, 0.15) is 0 Å². The van der Waals surface area contributed by atoms with Crippen LogP contribution in [0.25, 0.3) is 10.9 Å². The Labute approximate surface area is 103 Å². The number of nitrogens with one attached hydrogen (secondary N) is 2. The first-order valence-electron chi connectivity index (χ1n) is 5.14. The third kappa shape index (κ3) is 1.94. The first-order valence-corrected chi connectivity index (χ1v) is 5.52. The molecule has 0 saturated heterocycles. The summed E-state index contributed by atoms with van der Waals surface area (Å²) in [7, 11) is 0. The van der Waals surface area contributed by atoms with Crippen LogP contribution >= 0.6 is 11.6 Å². The Balaban J connectivity index is 2.02. The predicted octanol–water partition coefficient (Wildman–Crippen LogP) is 3.35. The molecule has 0 amide bonds. The fourth-order valence-electron chi connectivity index (χ4n) is 1.73. The summed E-state index contributed by atoms with van der Waals surface area (Å²) < 4.78 is 0. The fourth-order valence-corrected chi connectivity index (χ4v) is 1.88. The molecule has 3 rings (SSSR count). The molecule has 0 fully saturated rings. The highest BCUT2D eigenvalue weighted by Gasteiger charge is 2.03. The van der Waals surface area contributed by atoms with E-state index in [1.165, 1.54) is 0 Å². The van der Waals surface area contributed by atoms with Crippen LogP contribution in [0.3, 0.4) is 0 Å². The lowest BCUT2D eigenvalue weighted by Gasteiger charge is -2.06. The summed E-state index contributed by atoms with van der Waals surface area (Å²) in [5.41, 5.74) is 2.00. The molecule has 0 radical (unpaired) electrons. The van der Waals surface area contributed by atoms with Gasteiger partial charge in [-0.2, -0.15) is 0 Å². The van der Waals surface area contributed by atoms with Gasteiger partial charge >= 0.3 is 0 Å². The van der Waals surface area contributed by atoms with Gasteiger partial charge in [0.1, 0.15) is 5.82 Å². The van der Waals surface area contributed by atoms with Gasteiger partial charge < -0.3 is 10.3 Å². The number of anilines is 2. The zero-order valence-electron chi connectivity index (χ0n) is 8.81. The van der Waals surface area contributed by atoms with E-state index in [4.69, 9.17) is 11.6 Å². The van der Waals surface area contributed by atoms with Crippen LogP contribution in [-0.4, -0.2) is 15.0 Å². The van der Waals surface area contributed by atoms with Crippen LogP contribution in [0.2, 0.25) is 5.28 Å². The van der Waals surface area contributed by atoms with Gasteiger partial charge in [0.05, 0.1) is 11.2 Å². The van der Waals surface area contributed by atoms with Crippen molar-refractivity contribution < 1.29 is 0 Å². The number of rotatable bonds is 2. The number of hydrogen-bond donors (Lipinski definition) is 2. The summed E-state index contributed by atoms with van der Waals surface area (Å²) in [5.74, 6) is 0.673. The van der Waals surface area contributed by atoms with Crippen molar-refractivity contribution >= 4 is 34.0 Å². The van der Waals surface area contributed by atoms with E-state index in [0.717, 1.165) is 16.6 Å². The molecule has 0 spiro atoms. The molecule has 4 nitrogen and oxygen atoms in total. The zero-order chi connectivity index (χ0) is 11.7. The van der Waals surface area contributed by atoms with Crippen molar-refractivity contribution in [3.8, 4) is 0 Å². The summed E-state index contributed by atoms with van der Waals surface area (Å²) in [6, 6.07) is 9.81. The van der Waals surface area contributed by atoms with E-state index in [9.17, 15) is 0 Å². The summed E-state index contributed by atoms with van der Waals surface area (Å²) in [5, 5.41) is 4.59. The highest BCUT2D eigenvalue weighted by atomic mass is 35.5. The van der Waals surface area contributed by atoms with Gasteiger partial charge in [0.25, 0.3) is 0 Å². The minimum atomic E-state index is 0.230. The third-order valence-corrected chi connectivity index (χ3v) is 2.66. The predicted molar refractivity (Wildman–Crippen MR) is 68.6 cm³/mol. The summed E-state index contributed by atoms with van der Waals surface area (Å²) in [4.78, 5) is 11.1. The molecule has 1 aromatic carbocycles. The molecule has 2 N–H and O–H groups in total. The lowest BCUT2D eigenvalue weighted by atomic mass is 10.2. The Kier molecular flexibility index (Phi) is 2.42. The molecule has 0 unspecified atom stereocenters. The standard InChI is InChI=1S/C12H9ClN4/c13-12-15-7-5-10(17-12)16-9-3-1-2-8-4-6-14-11(8)9/h1-7,14H,(H,15,16,17). The van der Waals surface area contributed by atoms with Crippen molar-refractivity contribution in [3.63, 3.8) is 0 Å². The first kappa shape index (κ1) is 10.1. The number of aromatic amines is 1. The molecule has 84 valence electrons. The number of hydrogen-bond acceptors (Lipinski definition) is 3. The minimum absolute atomic E-state index is 0.230. The second-order valence-corrected chi connectivity index (χ2v) is 3.92. The number of nitrogens with zero attached hydrogens (tertiary/aromatic N) is 2. The van der Waals surface area contributed by atoms with Crippen LogP contribution in [0.15, 0.2) is 42.7 Å². The number of benzene rings is 1. The van der Waals surface area contributed by atoms with Crippen LogP contribution < -0.4 is 5.32 Å². The third-order valence-electron chi connectivity index (χ3n) is 2.48. The number of para-hydroxylation sites is 1. The van der Waals surface area contributed by atoms with Gasteiger partial charge in [0.15, 0.2) is 0 Å². The second kappa shape index (κ2) is 4.07. The first-order chi connectivity index (χ1) is 8.33. The van der Waals surface area contributed by atoms with Gasteiger partial charge in [-0.1, -0.05) is 12.1 Å². The van der Waals surface area contributed by atoms with E-state index in [1.807, 2.05) is 30.5 Å². The van der Waals surface area contributed by atoms with Crippen LogP contribution in [0.4, 0.5) is 11.5 Å². The highest BCUT2D eigenvalue weighted by molar-refractivity contribution is 6.28. The monoisotopic (exact) mass is 244 g/mol. The number of halogens is 1. The summed E-state index contributed by atoms with van der Waals surface area (Å²) >= 11 is 5.74. The SMILES string of the molecule is Clc1nccc(Nc2cccc3cc[nH]c23)n1.